The zero-order valence-corrected chi connectivity index (χ0v) is 10.3. The molecule has 0 fully saturated rings. The molecule has 1 aromatic rings. The molecule has 0 saturated heterocycles. The third-order valence-electron chi connectivity index (χ3n) is 2.89. The lowest BCUT2D eigenvalue weighted by molar-refractivity contribution is -0.138. The molecule has 0 aromatic heterocycles. The number of carboxylic acids is 1. The Labute approximate surface area is 96.7 Å². The lowest BCUT2D eigenvalue weighted by Crippen LogP contribution is -2.39. The number of para-hydroxylation sites is 1. The minimum absolute atomic E-state index is 0.496. The molecule has 0 saturated carbocycles. The van der Waals surface area contributed by atoms with Gasteiger partial charge in [-0.05, 0) is 38.8 Å². The summed E-state index contributed by atoms with van der Waals surface area (Å²) in [6.45, 7) is 8.42. The Morgan fingerprint density at radius 2 is 1.88 bits per heavy atom. The van der Waals surface area contributed by atoms with E-state index in [-0.39, 0.29) is 0 Å². The van der Waals surface area contributed by atoms with Crippen LogP contribution < -0.4 is 4.90 Å². The van der Waals surface area contributed by atoms with E-state index in [1.54, 1.807) is 6.92 Å². The van der Waals surface area contributed by atoms with Crippen LogP contribution in [0.5, 0.6) is 0 Å². The summed E-state index contributed by atoms with van der Waals surface area (Å²) >= 11 is 0. The molecule has 1 aromatic carbocycles. The molecule has 0 aliphatic carbocycles. The van der Waals surface area contributed by atoms with Crippen LogP contribution in [0.1, 0.15) is 25.0 Å². The van der Waals surface area contributed by atoms with Gasteiger partial charge < -0.3 is 10.0 Å². The van der Waals surface area contributed by atoms with Gasteiger partial charge >= 0.3 is 5.97 Å². The third-order valence-corrected chi connectivity index (χ3v) is 2.89. The summed E-state index contributed by atoms with van der Waals surface area (Å²) < 4.78 is 0. The van der Waals surface area contributed by atoms with Crippen LogP contribution in [0, 0.1) is 13.8 Å². The van der Waals surface area contributed by atoms with E-state index in [4.69, 9.17) is 5.11 Å². The highest BCUT2D eigenvalue weighted by Crippen LogP contribution is 2.26. The highest BCUT2D eigenvalue weighted by atomic mass is 16.4. The molecule has 0 amide bonds. The average Bonchev–Trinajstić information content (AvgIpc) is 2.22. The molecule has 0 unspecified atom stereocenters. The number of aryl methyl sites for hydroxylation is 2. The zero-order valence-electron chi connectivity index (χ0n) is 10.3. The zero-order chi connectivity index (χ0) is 12.3. The molecule has 1 rings (SSSR count). The van der Waals surface area contributed by atoms with E-state index in [1.165, 1.54) is 0 Å². The number of aliphatic carboxylic acids is 1. The SMILES string of the molecule is CCN(c1c(C)cccc1C)[C@@H](C)C(=O)O. The maximum Gasteiger partial charge on any atom is 0.326 e. The van der Waals surface area contributed by atoms with Gasteiger partial charge in [-0.15, -0.1) is 0 Å². The van der Waals surface area contributed by atoms with E-state index in [0.717, 1.165) is 16.8 Å². The van der Waals surface area contributed by atoms with E-state index in [0.29, 0.717) is 6.54 Å². The number of carboxylic acid groups (broad SMARTS) is 1. The van der Waals surface area contributed by atoms with Crippen molar-refractivity contribution in [2.45, 2.75) is 33.7 Å². The molecule has 0 spiro atoms. The van der Waals surface area contributed by atoms with Crippen LogP contribution in [0.25, 0.3) is 0 Å². The lowest BCUT2D eigenvalue weighted by Gasteiger charge is -2.30. The highest BCUT2D eigenvalue weighted by Gasteiger charge is 2.21. The monoisotopic (exact) mass is 221 g/mol. The van der Waals surface area contributed by atoms with Gasteiger partial charge in [-0.25, -0.2) is 4.79 Å². The molecule has 0 radical (unpaired) electrons. The largest absolute Gasteiger partial charge is 0.480 e. The Kier molecular flexibility index (Phi) is 3.93. The van der Waals surface area contributed by atoms with Gasteiger partial charge in [-0.2, -0.15) is 0 Å². The van der Waals surface area contributed by atoms with Gasteiger partial charge in [0.2, 0.25) is 0 Å². The Bertz CT molecular complexity index is 367. The van der Waals surface area contributed by atoms with Gasteiger partial charge in [-0.3, -0.25) is 0 Å². The molecule has 1 atom stereocenters. The first kappa shape index (κ1) is 12.6. The standard InChI is InChI=1S/C13H19NO2/c1-5-14(11(4)13(15)16)12-9(2)7-6-8-10(12)3/h6-8,11H,5H2,1-4H3,(H,15,16)/t11-/m0/s1. The summed E-state index contributed by atoms with van der Waals surface area (Å²) in [5, 5.41) is 9.08. The summed E-state index contributed by atoms with van der Waals surface area (Å²) in [4.78, 5) is 13.0. The van der Waals surface area contributed by atoms with Crippen molar-refractivity contribution in [3.05, 3.63) is 29.3 Å². The number of benzene rings is 1. The molecular formula is C13H19NO2. The Morgan fingerprint density at radius 3 is 2.25 bits per heavy atom. The maximum atomic E-state index is 11.1. The maximum absolute atomic E-state index is 11.1. The molecule has 0 heterocycles. The van der Waals surface area contributed by atoms with Crippen LogP contribution in [-0.4, -0.2) is 23.7 Å². The predicted molar refractivity (Wildman–Crippen MR) is 66.0 cm³/mol. The fourth-order valence-corrected chi connectivity index (χ4v) is 2.02. The van der Waals surface area contributed by atoms with Crippen LogP contribution in [0.2, 0.25) is 0 Å². The normalized spacial score (nSPS) is 12.2. The van der Waals surface area contributed by atoms with Gasteiger partial charge in [0, 0.05) is 12.2 Å². The number of anilines is 1. The molecular weight excluding hydrogens is 202 g/mol. The van der Waals surface area contributed by atoms with Gasteiger partial charge in [-0.1, -0.05) is 18.2 Å². The van der Waals surface area contributed by atoms with Crippen molar-refractivity contribution in [3.63, 3.8) is 0 Å². The highest BCUT2D eigenvalue weighted by molar-refractivity contribution is 5.78. The first-order valence-corrected chi connectivity index (χ1v) is 5.54. The summed E-state index contributed by atoms with van der Waals surface area (Å²) in [6.07, 6.45) is 0. The van der Waals surface area contributed by atoms with E-state index < -0.39 is 12.0 Å². The topological polar surface area (TPSA) is 40.5 Å². The molecule has 1 N–H and O–H groups in total. The Hall–Kier alpha value is -1.51. The second-order valence-corrected chi connectivity index (χ2v) is 4.04. The van der Waals surface area contributed by atoms with E-state index >= 15 is 0 Å². The van der Waals surface area contributed by atoms with Crippen molar-refractivity contribution in [3.8, 4) is 0 Å². The molecule has 0 aliphatic heterocycles. The molecule has 16 heavy (non-hydrogen) atoms. The average molecular weight is 221 g/mol. The first-order valence-electron chi connectivity index (χ1n) is 5.54. The number of hydrogen-bond acceptors (Lipinski definition) is 2. The van der Waals surface area contributed by atoms with E-state index in [2.05, 4.69) is 0 Å². The van der Waals surface area contributed by atoms with Crippen LogP contribution in [0.3, 0.4) is 0 Å². The molecule has 0 bridgehead atoms. The van der Waals surface area contributed by atoms with Crippen LogP contribution >= 0.6 is 0 Å². The van der Waals surface area contributed by atoms with Crippen LogP contribution in [0.15, 0.2) is 18.2 Å². The van der Waals surface area contributed by atoms with Crippen LogP contribution in [0.4, 0.5) is 5.69 Å². The van der Waals surface area contributed by atoms with Gasteiger partial charge in [0.05, 0.1) is 0 Å². The van der Waals surface area contributed by atoms with Crippen molar-refractivity contribution in [2.24, 2.45) is 0 Å². The number of carbonyl (C=O) groups is 1. The number of likely N-dealkylation sites (N-methyl/N-ethyl adjacent to an activating group) is 1. The minimum Gasteiger partial charge on any atom is -0.480 e. The van der Waals surface area contributed by atoms with Gasteiger partial charge in [0.1, 0.15) is 6.04 Å². The first-order chi connectivity index (χ1) is 7.49. The van der Waals surface area contributed by atoms with E-state index in [9.17, 15) is 4.79 Å². The fourth-order valence-electron chi connectivity index (χ4n) is 2.02. The number of hydrogen-bond donors (Lipinski definition) is 1. The quantitative estimate of drug-likeness (QED) is 0.849. The summed E-state index contributed by atoms with van der Waals surface area (Å²) in [5.74, 6) is -0.787. The molecule has 88 valence electrons. The van der Waals surface area contributed by atoms with Crippen molar-refractivity contribution in [2.75, 3.05) is 11.4 Å². The van der Waals surface area contributed by atoms with Crippen LogP contribution in [-0.2, 0) is 4.79 Å². The third kappa shape index (κ3) is 2.35. The Balaban J connectivity index is 3.18. The van der Waals surface area contributed by atoms with Gasteiger partial charge in [0.15, 0.2) is 0 Å². The number of rotatable bonds is 4. The summed E-state index contributed by atoms with van der Waals surface area (Å²) in [6, 6.07) is 5.52. The second-order valence-electron chi connectivity index (χ2n) is 4.04. The number of nitrogens with zero attached hydrogens (tertiary/aromatic N) is 1. The van der Waals surface area contributed by atoms with Gasteiger partial charge in [0.25, 0.3) is 0 Å². The minimum atomic E-state index is -0.787. The second kappa shape index (κ2) is 5.01. The van der Waals surface area contributed by atoms with Crippen molar-refractivity contribution in [1.29, 1.82) is 0 Å². The smallest absolute Gasteiger partial charge is 0.326 e. The summed E-state index contributed by atoms with van der Waals surface area (Å²) in [7, 11) is 0. The fraction of sp³-hybridized carbons (Fsp3) is 0.462. The summed E-state index contributed by atoms with van der Waals surface area (Å²) in [5.41, 5.74) is 3.28. The predicted octanol–water partition coefficient (Wildman–Crippen LogP) is 2.60. The van der Waals surface area contributed by atoms with Crippen molar-refractivity contribution >= 4 is 11.7 Å². The lowest BCUT2D eigenvalue weighted by atomic mass is 10.1. The van der Waals surface area contributed by atoms with Crippen molar-refractivity contribution in [1.82, 2.24) is 0 Å². The molecule has 0 aliphatic rings. The Morgan fingerprint density at radius 1 is 1.38 bits per heavy atom. The molecule has 3 heteroatoms. The molecule has 3 nitrogen and oxygen atoms in total. The van der Waals surface area contributed by atoms with Crippen molar-refractivity contribution < 1.29 is 9.90 Å². The van der Waals surface area contributed by atoms with E-state index in [1.807, 2.05) is 43.9 Å².